The van der Waals surface area contributed by atoms with Gasteiger partial charge in [-0.1, -0.05) is 6.07 Å². The van der Waals surface area contributed by atoms with Gasteiger partial charge < -0.3 is 20.8 Å². The minimum absolute atomic E-state index is 0.286. The van der Waals surface area contributed by atoms with Gasteiger partial charge in [0.25, 0.3) is 0 Å². The highest BCUT2D eigenvalue weighted by molar-refractivity contribution is 5.95. The van der Waals surface area contributed by atoms with E-state index in [4.69, 9.17) is 10.2 Å². The molecule has 1 heterocycles. The number of hydrogen-bond acceptors (Lipinski definition) is 3. The number of nitrogens with one attached hydrogen (secondary N) is 2. The number of primary amides is 1. The number of carbonyl (C=O) groups excluding carboxylic acids is 2. The van der Waals surface area contributed by atoms with Crippen molar-refractivity contribution in [1.82, 2.24) is 5.32 Å². The summed E-state index contributed by atoms with van der Waals surface area (Å²) in [4.78, 5) is 22.6. The molecule has 6 nitrogen and oxygen atoms in total. The van der Waals surface area contributed by atoms with Crippen molar-refractivity contribution in [1.29, 1.82) is 0 Å². The van der Waals surface area contributed by atoms with E-state index < -0.39 is 11.9 Å². The molecule has 98 valence electrons. The van der Waals surface area contributed by atoms with Crippen LogP contribution in [0.5, 0.6) is 0 Å². The molecule has 0 aliphatic rings. The summed E-state index contributed by atoms with van der Waals surface area (Å²) < 4.78 is 5.08. The van der Waals surface area contributed by atoms with Crippen LogP contribution in [0, 0.1) is 0 Å². The fourth-order valence-electron chi connectivity index (χ4n) is 1.51. The first-order valence-electron chi connectivity index (χ1n) is 5.62. The highest BCUT2D eigenvalue weighted by Crippen LogP contribution is 2.10. The Kier molecular flexibility index (Phi) is 3.82. The monoisotopic (exact) mass is 259 g/mol. The Morgan fingerprint density at radius 3 is 2.74 bits per heavy atom. The number of furan rings is 1. The van der Waals surface area contributed by atoms with E-state index in [1.807, 2.05) is 0 Å². The van der Waals surface area contributed by atoms with Gasteiger partial charge in [-0.2, -0.15) is 0 Å². The van der Waals surface area contributed by atoms with E-state index in [0.717, 1.165) is 0 Å². The molecule has 0 radical (unpaired) electrons. The lowest BCUT2D eigenvalue weighted by atomic mass is 10.2. The Balaban J connectivity index is 1.91. The standard InChI is InChI=1S/C13H13N3O3/c14-12(17)9-3-1-4-10(7-9)16-13(18)15-8-11-5-2-6-19-11/h1-7H,8H2,(H2,14,17)(H2,15,16,18). The van der Waals surface area contributed by atoms with E-state index >= 15 is 0 Å². The molecular formula is C13H13N3O3. The molecule has 1 aromatic carbocycles. The molecule has 0 unspecified atom stereocenters. The molecule has 0 saturated carbocycles. The summed E-state index contributed by atoms with van der Waals surface area (Å²) in [6, 6.07) is 9.50. The maximum Gasteiger partial charge on any atom is 0.319 e. The summed E-state index contributed by atoms with van der Waals surface area (Å²) in [5.74, 6) is 0.112. The molecule has 0 fully saturated rings. The van der Waals surface area contributed by atoms with Crippen LogP contribution in [0.25, 0.3) is 0 Å². The van der Waals surface area contributed by atoms with Gasteiger partial charge in [-0.25, -0.2) is 4.79 Å². The summed E-state index contributed by atoms with van der Waals surface area (Å²) in [5, 5.41) is 5.22. The van der Waals surface area contributed by atoms with Crippen molar-refractivity contribution < 1.29 is 14.0 Å². The third-order valence-electron chi connectivity index (χ3n) is 2.41. The van der Waals surface area contributed by atoms with Crippen molar-refractivity contribution in [3.63, 3.8) is 0 Å². The van der Waals surface area contributed by atoms with E-state index in [9.17, 15) is 9.59 Å². The van der Waals surface area contributed by atoms with E-state index in [1.165, 1.54) is 12.3 Å². The normalized spacial score (nSPS) is 9.89. The number of urea groups is 1. The van der Waals surface area contributed by atoms with E-state index in [1.54, 1.807) is 30.3 Å². The van der Waals surface area contributed by atoms with Gasteiger partial charge in [0, 0.05) is 11.3 Å². The van der Waals surface area contributed by atoms with Gasteiger partial charge in [-0.15, -0.1) is 0 Å². The summed E-state index contributed by atoms with van der Waals surface area (Å²) >= 11 is 0. The average Bonchev–Trinajstić information content (AvgIpc) is 2.90. The van der Waals surface area contributed by atoms with Crippen molar-refractivity contribution in [2.24, 2.45) is 5.73 Å². The first-order chi connectivity index (χ1) is 9.15. The molecule has 0 atom stereocenters. The van der Waals surface area contributed by atoms with Crippen molar-refractivity contribution in [2.75, 3.05) is 5.32 Å². The number of nitrogens with two attached hydrogens (primary N) is 1. The van der Waals surface area contributed by atoms with Gasteiger partial charge >= 0.3 is 6.03 Å². The van der Waals surface area contributed by atoms with Gasteiger partial charge in [-0.05, 0) is 30.3 Å². The average molecular weight is 259 g/mol. The number of carbonyl (C=O) groups is 2. The van der Waals surface area contributed by atoms with E-state index in [-0.39, 0.29) is 6.54 Å². The lowest BCUT2D eigenvalue weighted by Crippen LogP contribution is -2.28. The van der Waals surface area contributed by atoms with Crippen LogP contribution in [0.2, 0.25) is 0 Å². The molecule has 0 bridgehead atoms. The van der Waals surface area contributed by atoms with Crippen LogP contribution in [-0.4, -0.2) is 11.9 Å². The first kappa shape index (κ1) is 12.7. The molecule has 2 aromatic rings. The predicted octanol–water partition coefficient (Wildman–Crippen LogP) is 1.70. The van der Waals surface area contributed by atoms with Crippen molar-refractivity contribution in [2.45, 2.75) is 6.54 Å². The van der Waals surface area contributed by atoms with E-state index in [2.05, 4.69) is 10.6 Å². The molecule has 0 aliphatic heterocycles. The Bertz CT molecular complexity index is 579. The molecule has 0 aliphatic carbocycles. The minimum Gasteiger partial charge on any atom is -0.467 e. The van der Waals surface area contributed by atoms with Crippen LogP contribution >= 0.6 is 0 Å². The van der Waals surface area contributed by atoms with Gasteiger partial charge in [0.15, 0.2) is 0 Å². The molecule has 4 N–H and O–H groups in total. The molecule has 19 heavy (non-hydrogen) atoms. The van der Waals surface area contributed by atoms with Gasteiger partial charge in [-0.3, -0.25) is 4.79 Å². The molecule has 0 saturated heterocycles. The molecule has 0 spiro atoms. The second-order valence-corrected chi connectivity index (χ2v) is 3.83. The highest BCUT2D eigenvalue weighted by Gasteiger charge is 2.05. The Hall–Kier alpha value is -2.76. The second kappa shape index (κ2) is 5.72. The third kappa shape index (κ3) is 3.60. The summed E-state index contributed by atoms with van der Waals surface area (Å²) in [6.45, 7) is 0.286. The fourth-order valence-corrected chi connectivity index (χ4v) is 1.51. The molecule has 3 amide bonds. The second-order valence-electron chi connectivity index (χ2n) is 3.83. The minimum atomic E-state index is -0.542. The SMILES string of the molecule is NC(=O)c1cccc(NC(=O)NCc2ccco2)c1. The summed E-state index contributed by atoms with van der Waals surface area (Å²) in [6.07, 6.45) is 1.53. The van der Waals surface area contributed by atoms with Crippen LogP contribution < -0.4 is 16.4 Å². The number of hydrogen-bond donors (Lipinski definition) is 3. The Morgan fingerprint density at radius 2 is 2.05 bits per heavy atom. The van der Waals surface area contributed by atoms with Crippen molar-refractivity contribution >= 4 is 17.6 Å². The zero-order valence-electron chi connectivity index (χ0n) is 10.1. The Labute approximate surface area is 109 Å². The largest absolute Gasteiger partial charge is 0.467 e. The Morgan fingerprint density at radius 1 is 1.21 bits per heavy atom. The molecule has 2 rings (SSSR count). The van der Waals surface area contributed by atoms with Crippen LogP contribution in [0.4, 0.5) is 10.5 Å². The summed E-state index contributed by atoms with van der Waals surface area (Å²) in [7, 11) is 0. The summed E-state index contributed by atoms with van der Waals surface area (Å²) in [5.41, 5.74) is 5.99. The zero-order valence-corrected chi connectivity index (χ0v) is 10.1. The number of anilines is 1. The fraction of sp³-hybridized carbons (Fsp3) is 0.0769. The molecular weight excluding hydrogens is 246 g/mol. The van der Waals surface area contributed by atoms with Gasteiger partial charge in [0.1, 0.15) is 5.76 Å². The van der Waals surface area contributed by atoms with Crippen molar-refractivity contribution in [3.05, 3.63) is 54.0 Å². The quantitative estimate of drug-likeness (QED) is 0.779. The van der Waals surface area contributed by atoms with Crippen LogP contribution in [-0.2, 0) is 6.54 Å². The zero-order chi connectivity index (χ0) is 13.7. The maximum atomic E-state index is 11.6. The van der Waals surface area contributed by atoms with Crippen molar-refractivity contribution in [3.8, 4) is 0 Å². The molecule has 1 aromatic heterocycles. The number of amides is 3. The van der Waals surface area contributed by atoms with Gasteiger partial charge in [0.2, 0.25) is 5.91 Å². The van der Waals surface area contributed by atoms with Gasteiger partial charge in [0.05, 0.1) is 12.8 Å². The third-order valence-corrected chi connectivity index (χ3v) is 2.41. The predicted molar refractivity (Wildman–Crippen MR) is 69.5 cm³/mol. The lowest BCUT2D eigenvalue weighted by molar-refractivity contribution is 0.100. The van der Waals surface area contributed by atoms with E-state index in [0.29, 0.717) is 17.0 Å². The lowest BCUT2D eigenvalue weighted by Gasteiger charge is -2.07. The topological polar surface area (TPSA) is 97.4 Å². The smallest absolute Gasteiger partial charge is 0.319 e. The van der Waals surface area contributed by atoms with Crippen LogP contribution in [0.1, 0.15) is 16.1 Å². The number of benzene rings is 1. The highest BCUT2D eigenvalue weighted by atomic mass is 16.3. The number of rotatable bonds is 4. The first-order valence-corrected chi connectivity index (χ1v) is 5.62. The van der Waals surface area contributed by atoms with Crippen LogP contribution in [0.3, 0.4) is 0 Å². The van der Waals surface area contributed by atoms with Crippen LogP contribution in [0.15, 0.2) is 47.1 Å². The molecule has 6 heteroatoms. The maximum absolute atomic E-state index is 11.6.